The molecule has 0 aromatic carbocycles. The second-order valence-electron chi connectivity index (χ2n) is 6.73. The molecule has 3 atom stereocenters. The lowest BCUT2D eigenvalue weighted by Gasteiger charge is -2.22. The molecule has 1 N–H and O–H groups in total. The van der Waals surface area contributed by atoms with Crippen LogP contribution in [-0.2, 0) is 6.54 Å². The molecule has 1 heterocycles. The van der Waals surface area contributed by atoms with E-state index in [0.717, 1.165) is 36.6 Å². The number of nitrogens with zero attached hydrogens (tertiary/aromatic N) is 3. The zero-order valence-corrected chi connectivity index (χ0v) is 13.7. The SMILES string of the molecule is CNC(c1c(OC)cnn1CCN(C)C)C1C2CCCC21. The molecule has 0 amide bonds. The molecule has 0 bridgehead atoms. The Labute approximate surface area is 127 Å². The van der Waals surface area contributed by atoms with Crippen LogP contribution in [0, 0.1) is 17.8 Å². The van der Waals surface area contributed by atoms with E-state index in [-0.39, 0.29) is 0 Å². The lowest BCUT2D eigenvalue weighted by atomic mass is 10.0. The van der Waals surface area contributed by atoms with E-state index in [0.29, 0.717) is 6.04 Å². The molecule has 2 saturated carbocycles. The van der Waals surface area contributed by atoms with Crippen LogP contribution in [0.2, 0.25) is 0 Å². The van der Waals surface area contributed by atoms with Crippen molar-refractivity contribution in [3.63, 3.8) is 0 Å². The zero-order chi connectivity index (χ0) is 15.0. The first-order valence-electron chi connectivity index (χ1n) is 8.09. The second-order valence-corrected chi connectivity index (χ2v) is 6.73. The summed E-state index contributed by atoms with van der Waals surface area (Å²) in [6.45, 7) is 1.90. The molecule has 3 unspecified atom stereocenters. The molecular weight excluding hydrogens is 264 g/mol. The van der Waals surface area contributed by atoms with Crippen LogP contribution >= 0.6 is 0 Å². The van der Waals surface area contributed by atoms with Gasteiger partial charge >= 0.3 is 0 Å². The molecule has 3 rings (SSSR count). The highest BCUT2D eigenvalue weighted by Crippen LogP contribution is 2.62. The van der Waals surface area contributed by atoms with E-state index in [4.69, 9.17) is 4.74 Å². The predicted molar refractivity (Wildman–Crippen MR) is 83.5 cm³/mol. The van der Waals surface area contributed by atoms with E-state index >= 15 is 0 Å². The van der Waals surface area contributed by atoms with E-state index in [1.54, 1.807) is 7.11 Å². The van der Waals surface area contributed by atoms with Gasteiger partial charge in [-0.3, -0.25) is 4.68 Å². The van der Waals surface area contributed by atoms with Gasteiger partial charge in [-0.05, 0) is 51.7 Å². The number of rotatable bonds is 7. The summed E-state index contributed by atoms with van der Waals surface area (Å²) < 4.78 is 7.71. The monoisotopic (exact) mass is 292 g/mol. The van der Waals surface area contributed by atoms with E-state index in [2.05, 4.69) is 41.1 Å². The maximum atomic E-state index is 5.58. The average molecular weight is 292 g/mol. The molecular formula is C16H28N4O. The third-order valence-electron chi connectivity index (χ3n) is 5.29. The second kappa shape index (κ2) is 5.97. The van der Waals surface area contributed by atoms with Crippen molar-refractivity contribution in [2.24, 2.45) is 17.8 Å². The minimum absolute atomic E-state index is 0.375. The molecule has 0 saturated heterocycles. The van der Waals surface area contributed by atoms with Gasteiger partial charge in [0.2, 0.25) is 0 Å². The molecule has 2 fully saturated rings. The van der Waals surface area contributed by atoms with Crippen molar-refractivity contribution in [3.8, 4) is 5.75 Å². The lowest BCUT2D eigenvalue weighted by molar-refractivity contribution is 0.342. The third-order valence-corrected chi connectivity index (χ3v) is 5.29. The van der Waals surface area contributed by atoms with Gasteiger partial charge in [0, 0.05) is 6.54 Å². The topological polar surface area (TPSA) is 42.3 Å². The zero-order valence-electron chi connectivity index (χ0n) is 13.7. The number of methoxy groups -OCH3 is 1. The van der Waals surface area contributed by atoms with E-state index in [1.165, 1.54) is 25.0 Å². The highest BCUT2D eigenvalue weighted by molar-refractivity contribution is 5.31. The van der Waals surface area contributed by atoms with Gasteiger partial charge in [0.15, 0.2) is 5.75 Å². The van der Waals surface area contributed by atoms with Crippen LogP contribution in [0.4, 0.5) is 0 Å². The summed E-state index contributed by atoms with van der Waals surface area (Å²) in [4.78, 5) is 2.19. The maximum absolute atomic E-state index is 5.58. The van der Waals surface area contributed by atoms with E-state index in [1.807, 2.05) is 6.20 Å². The fourth-order valence-corrected chi connectivity index (χ4v) is 4.20. The van der Waals surface area contributed by atoms with Crippen molar-refractivity contribution in [2.75, 3.05) is 34.8 Å². The van der Waals surface area contributed by atoms with Crippen LogP contribution in [0.25, 0.3) is 0 Å². The number of likely N-dealkylation sites (N-methyl/N-ethyl adjacent to an activating group) is 1. The van der Waals surface area contributed by atoms with Gasteiger partial charge in [-0.15, -0.1) is 0 Å². The molecule has 2 aliphatic rings. The van der Waals surface area contributed by atoms with Gasteiger partial charge in [-0.25, -0.2) is 0 Å². The predicted octanol–water partition coefficient (Wildman–Crippen LogP) is 1.76. The lowest BCUT2D eigenvalue weighted by Crippen LogP contribution is -2.27. The summed E-state index contributed by atoms with van der Waals surface area (Å²) in [5.41, 5.74) is 1.24. The van der Waals surface area contributed by atoms with Crippen molar-refractivity contribution in [3.05, 3.63) is 11.9 Å². The highest BCUT2D eigenvalue weighted by Gasteiger charge is 2.56. The largest absolute Gasteiger partial charge is 0.493 e. The summed E-state index contributed by atoms with van der Waals surface area (Å²) >= 11 is 0. The summed E-state index contributed by atoms with van der Waals surface area (Å²) in [5.74, 6) is 3.54. The number of hydrogen-bond donors (Lipinski definition) is 1. The molecule has 1 aromatic rings. The summed E-state index contributed by atoms with van der Waals surface area (Å²) in [7, 11) is 8.02. The summed E-state index contributed by atoms with van der Waals surface area (Å²) in [5, 5.41) is 8.10. The smallest absolute Gasteiger partial charge is 0.161 e. The van der Waals surface area contributed by atoms with Gasteiger partial charge in [0.05, 0.1) is 31.6 Å². The molecule has 118 valence electrons. The summed E-state index contributed by atoms with van der Waals surface area (Å²) in [6, 6.07) is 0.375. The van der Waals surface area contributed by atoms with Gasteiger partial charge in [-0.1, -0.05) is 6.42 Å². The van der Waals surface area contributed by atoms with Crippen molar-refractivity contribution in [2.45, 2.75) is 31.8 Å². The molecule has 5 heteroatoms. The minimum Gasteiger partial charge on any atom is -0.493 e. The van der Waals surface area contributed by atoms with Crippen LogP contribution in [-0.4, -0.2) is 49.5 Å². The van der Waals surface area contributed by atoms with Crippen LogP contribution in [0.5, 0.6) is 5.75 Å². The van der Waals surface area contributed by atoms with Gasteiger partial charge < -0.3 is 15.0 Å². The van der Waals surface area contributed by atoms with Crippen LogP contribution in [0.1, 0.15) is 31.0 Å². The first-order chi connectivity index (χ1) is 10.2. The number of nitrogens with one attached hydrogen (secondary N) is 1. The molecule has 0 radical (unpaired) electrons. The Bertz CT molecular complexity index is 475. The first kappa shape index (κ1) is 14.9. The van der Waals surface area contributed by atoms with Gasteiger partial charge in [0.1, 0.15) is 0 Å². The van der Waals surface area contributed by atoms with E-state index in [9.17, 15) is 0 Å². The Hall–Kier alpha value is -1.07. The Morgan fingerprint density at radius 1 is 1.43 bits per heavy atom. The maximum Gasteiger partial charge on any atom is 0.161 e. The highest BCUT2D eigenvalue weighted by atomic mass is 16.5. The van der Waals surface area contributed by atoms with Crippen LogP contribution in [0.3, 0.4) is 0 Å². The molecule has 21 heavy (non-hydrogen) atoms. The average Bonchev–Trinajstić information content (AvgIpc) is 2.84. The van der Waals surface area contributed by atoms with Crippen molar-refractivity contribution < 1.29 is 4.74 Å². The molecule has 5 nitrogen and oxygen atoms in total. The third kappa shape index (κ3) is 2.69. The number of hydrogen-bond acceptors (Lipinski definition) is 4. The number of fused-ring (bicyclic) bond motifs is 1. The standard InChI is InChI=1S/C16H28N4O/c1-17-15(14-11-6-5-7-12(11)14)16-13(21-4)10-18-20(16)9-8-19(2)3/h10-12,14-15,17H,5-9H2,1-4H3. The van der Waals surface area contributed by atoms with Gasteiger partial charge in [0.25, 0.3) is 0 Å². The molecule has 0 aliphatic heterocycles. The number of ether oxygens (including phenoxy) is 1. The van der Waals surface area contributed by atoms with Gasteiger partial charge in [-0.2, -0.15) is 5.10 Å². The Balaban J connectivity index is 1.82. The number of aromatic nitrogens is 2. The summed E-state index contributed by atoms with van der Waals surface area (Å²) in [6.07, 6.45) is 6.09. The van der Waals surface area contributed by atoms with Crippen molar-refractivity contribution in [1.29, 1.82) is 0 Å². The normalized spacial score (nSPS) is 28.7. The fourth-order valence-electron chi connectivity index (χ4n) is 4.20. The molecule has 2 aliphatic carbocycles. The fraction of sp³-hybridized carbons (Fsp3) is 0.812. The quantitative estimate of drug-likeness (QED) is 0.831. The first-order valence-corrected chi connectivity index (χ1v) is 8.09. The minimum atomic E-state index is 0.375. The Kier molecular flexibility index (Phi) is 4.22. The van der Waals surface area contributed by atoms with Crippen LogP contribution in [0.15, 0.2) is 6.20 Å². The van der Waals surface area contributed by atoms with Crippen molar-refractivity contribution in [1.82, 2.24) is 20.0 Å². The van der Waals surface area contributed by atoms with Crippen molar-refractivity contribution >= 4 is 0 Å². The Morgan fingerprint density at radius 2 is 2.14 bits per heavy atom. The molecule has 1 aromatic heterocycles. The Morgan fingerprint density at radius 3 is 2.71 bits per heavy atom. The van der Waals surface area contributed by atoms with Crippen LogP contribution < -0.4 is 10.1 Å². The molecule has 0 spiro atoms. The van der Waals surface area contributed by atoms with E-state index < -0.39 is 0 Å².